The number of fused-ring (bicyclic) bond motifs is 1. The van der Waals surface area contributed by atoms with Crippen LogP contribution in [0.5, 0.6) is 11.5 Å². The topological polar surface area (TPSA) is 103 Å². The number of nitrogens with one attached hydrogen (secondary N) is 2. The Hall–Kier alpha value is -3.55. The predicted molar refractivity (Wildman–Crippen MR) is 99.1 cm³/mol. The molecule has 3 rings (SSSR count). The van der Waals surface area contributed by atoms with E-state index in [2.05, 4.69) is 15.5 Å². The lowest BCUT2D eigenvalue weighted by atomic mass is 10.2. The van der Waals surface area contributed by atoms with Crippen LogP contribution < -0.4 is 14.8 Å². The maximum Gasteiger partial charge on any atom is 0.360 e. The Bertz CT molecular complexity index is 982. The molecule has 140 valence electrons. The highest BCUT2D eigenvalue weighted by atomic mass is 16.5. The molecule has 1 aromatic heterocycles. The number of aromatic amines is 1. The van der Waals surface area contributed by atoms with Crippen LogP contribution in [0.2, 0.25) is 0 Å². The molecule has 8 nitrogen and oxygen atoms in total. The van der Waals surface area contributed by atoms with Crippen molar-refractivity contribution in [1.29, 1.82) is 0 Å². The number of methoxy groups -OCH3 is 2. The highest BCUT2D eigenvalue weighted by molar-refractivity contribution is 6.03. The van der Waals surface area contributed by atoms with E-state index in [4.69, 9.17) is 14.2 Å². The number of benzene rings is 2. The number of esters is 1. The van der Waals surface area contributed by atoms with Crippen molar-refractivity contribution in [3.63, 3.8) is 0 Å². The number of carbonyl (C=O) groups is 2. The van der Waals surface area contributed by atoms with Gasteiger partial charge in [0.05, 0.1) is 25.4 Å². The standard InChI is InChI=1S/C19H19N3O5/c1-11(18(23)20-15-10-12(25-2)8-9-16(15)26-3)27-19(24)17-13-6-4-5-7-14(13)21-22-17/h4-11H,1-3H3,(H,20,23)(H,21,22)/t11-/m0/s1. The van der Waals surface area contributed by atoms with Crippen LogP contribution in [-0.4, -0.2) is 42.4 Å². The zero-order valence-corrected chi connectivity index (χ0v) is 15.1. The van der Waals surface area contributed by atoms with Gasteiger partial charge in [-0.1, -0.05) is 18.2 Å². The largest absolute Gasteiger partial charge is 0.497 e. The van der Waals surface area contributed by atoms with Crippen molar-refractivity contribution < 1.29 is 23.8 Å². The molecular weight excluding hydrogens is 350 g/mol. The number of H-pyrrole nitrogens is 1. The van der Waals surface area contributed by atoms with Crippen molar-refractivity contribution in [3.05, 3.63) is 48.2 Å². The molecule has 1 atom stereocenters. The number of anilines is 1. The molecule has 0 saturated heterocycles. The molecule has 0 aliphatic rings. The molecule has 0 radical (unpaired) electrons. The van der Waals surface area contributed by atoms with E-state index in [9.17, 15) is 9.59 Å². The molecular formula is C19H19N3O5. The van der Waals surface area contributed by atoms with Gasteiger partial charge in [-0.2, -0.15) is 5.10 Å². The number of aromatic nitrogens is 2. The van der Waals surface area contributed by atoms with Crippen molar-refractivity contribution in [2.45, 2.75) is 13.0 Å². The first-order valence-electron chi connectivity index (χ1n) is 8.20. The monoisotopic (exact) mass is 369 g/mol. The summed E-state index contributed by atoms with van der Waals surface area (Å²) in [6.07, 6.45) is -1.04. The van der Waals surface area contributed by atoms with Gasteiger partial charge in [-0.15, -0.1) is 0 Å². The van der Waals surface area contributed by atoms with Crippen LogP contribution in [0, 0.1) is 0 Å². The SMILES string of the molecule is COc1ccc(OC)c(NC(=O)[C@H](C)OC(=O)c2n[nH]c3ccccc23)c1. The summed E-state index contributed by atoms with van der Waals surface area (Å²) in [5, 5.41) is 10.0. The molecule has 0 aliphatic carbocycles. The van der Waals surface area contributed by atoms with E-state index in [1.165, 1.54) is 21.1 Å². The number of para-hydroxylation sites is 1. The Kier molecular flexibility index (Phi) is 5.25. The Morgan fingerprint density at radius 1 is 1.11 bits per heavy atom. The number of hydrogen-bond donors (Lipinski definition) is 2. The van der Waals surface area contributed by atoms with Gasteiger partial charge in [0.2, 0.25) is 0 Å². The van der Waals surface area contributed by atoms with E-state index in [0.717, 1.165) is 0 Å². The summed E-state index contributed by atoms with van der Waals surface area (Å²) in [7, 11) is 3.01. The highest BCUT2D eigenvalue weighted by Gasteiger charge is 2.23. The molecule has 1 heterocycles. The Morgan fingerprint density at radius 2 is 1.89 bits per heavy atom. The van der Waals surface area contributed by atoms with Crippen LogP contribution in [0.25, 0.3) is 10.9 Å². The fourth-order valence-electron chi connectivity index (χ4n) is 2.54. The molecule has 8 heteroatoms. The van der Waals surface area contributed by atoms with E-state index in [0.29, 0.717) is 28.1 Å². The second-order valence-corrected chi connectivity index (χ2v) is 5.72. The van der Waals surface area contributed by atoms with Crippen LogP contribution in [0.15, 0.2) is 42.5 Å². The molecule has 0 saturated carbocycles. The Labute approximate surface area is 155 Å². The average molecular weight is 369 g/mol. The van der Waals surface area contributed by atoms with Crippen LogP contribution in [0.3, 0.4) is 0 Å². The summed E-state index contributed by atoms with van der Waals surface area (Å²) in [6.45, 7) is 1.48. The van der Waals surface area contributed by atoms with E-state index in [1.54, 1.807) is 36.4 Å². The average Bonchev–Trinajstić information content (AvgIpc) is 3.12. The van der Waals surface area contributed by atoms with Gasteiger partial charge in [0, 0.05) is 11.5 Å². The lowest BCUT2D eigenvalue weighted by Gasteiger charge is -2.15. The quantitative estimate of drug-likeness (QED) is 0.648. The van der Waals surface area contributed by atoms with E-state index in [1.807, 2.05) is 6.07 Å². The Balaban J connectivity index is 1.72. The summed E-state index contributed by atoms with van der Waals surface area (Å²) in [5.74, 6) is -0.179. The van der Waals surface area contributed by atoms with E-state index >= 15 is 0 Å². The van der Waals surface area contributed by atoms with Gasteiger partial charge in [0.1, 0.15) is 11.5 Å². The van der Waals surface area contributed by atoms with Gasteiger partial charge < -0.3 is 19.5 Å². The lowest BCUT2D eigenvalue weighted by Crippen LogP contribution is -2.30. The van der Waals surface area contributed by atoms with Gasteiger partial charge >= 0.3 is 5.97 Å². The molecule has 0 aliphatic heterocycles. The zero-order chi connectivity index (χ0) is 19.4. The first-order valence-corrected chi connectivity index (χ1v) is 8.20. The summed E-state index contributed by atoms with van der Waals surface area (Å²) < 4.78 is 15.6. The maximum atomic E-state index is 12.4. The van der Waals surface area contributed by atoms with Crippen molar-refractivity contribution in [3.8, 4) is 11.5 Å². The number of rotatable bonds is 6. The molecule has 1 amide bonds. The number of ether oxygens (including phenoxy) is 3. The third kappa shape index (κ3) is 3.84. The van der Waals surface area contributed by atoms with Gasteiger partial charge in [-0.25, -0.2) is 4.79 Å². The third-order valence-corrected chi connectivity index (χ3v) is 3.98. The number of hydrogen-bond acceptors (Lipinski definition) is 6. The predicted octanol–water partition coefficient (Wildman–Crippen LogP) is 2.76. The van der Waals surface area contributed by atoms with Gasteiger partial charge in [0.25, 0.3) is 5.91 Å². The smallest absolute Gasteiger partial charge is 0.360 e. The van der Waals surface area contributed by atoms with Crippen LogP contribution in [0.1, 0.15) is 17.4 Å². The highest BCUT2D eigenvalue weighted by Crippen LogP contribution is 2.29. The van der Waals surface area contributed by atoms with E-state index in [-0.39, 0.29) is 5.69 Å². The molecule has 2 aromatic carbocycles. The first kappa shape index (κ1) is 18.2. The van der Waals surface area contributed by atoms with Gasteiger partial charge in [0.15, 0.2) is 11.8 Å². The number of carbonyl (C=O) groups excluding carboxylic acids is 2. The second kappa shape index (κ2) is 7.77. The molecule has 0 bridgehead atoms. The molecule has 0 unspecified atom stereocenters. The fraction of sp³-hybridized carbons (Fsp3) is 0.211. The zero-order valence-electron chi connectivity index (χ0n) is 15.1. The van der Waals surface area contributed by atoms with Gasteiger partial charge in [-0.05, 0) is 25.1 Å². The maximum absolute atomic E-state index is 12.4. The minimum Gasteiger partial charge on any atom is -0.497 e. The normalized spacial score (nSPS) is 11.7. The van der Waals surface area contributed by atoms with Crippen molar-refractivity contribution >= 4 is 28.5 Å². The summed E-state index contributed by atoms with van der Waals surface area (Å²) >= 11 is 0. The first-order chi connectivity index (χ1) is 13.0. The van der Waals surface area contributed by atoms with Crippen molar-refractivity contribution in [2.24, 2.45) is 0 Å². The van der Waals surface area contributed by atoms with Crippen LogP contribution in [0.4, 0.5) is 5.69 Å². The summed E-state index contributed by atoms with van der Waals surface area (Å²) in [6, 6.07) is 12.2. The summed E-state index contributed by atoms with van der Waals surface area (Å²) in [4.78, 5) is 24.8. The molecule has 27 heavy (non-hydrogen) atoms. The molecule has 0 fully saturated rings. The molecule has 3 aromatic rings. The van der Waals surface area contributed by atoms with Crippen LogP contribution in [-0.2, 0) is 9.53 Å². The number of amides is 1. The lowest BCUT2D eigenvalue weighted by molar-refractivity contribution is -0.123. The summed E-state index contributed by atoms with van der Waals surface area (Å²) in [5.41, 5.74) is 1.25. The van der Waals surface area contributed by atoms with Crippen LogP contribution >= 0.6 is 0 Å². The van der Waals surface area contributed by atoms with Crippen molar-refractivity contribution in [1.82, 2.24) is 10.2 Å². The molecule has 0 spiro atoms. The molecule has 2 N–H and O–H groups in total. The van der Waals surface area contributed by atoms with E-state index < -0.39 is 18.0 Å². The number of nitrogens with zero attached hydrogens (tertiary/aromatic N) is 1. The minimum absolute atomic E-state index is 0.129. The van der Waals surface area contributed by atoms with Gasteiger partial charge in [-0.3, -0.25) is 9.89 Å². The fourth-order valence-corrected chi connectivity index (χ4v) is 2.54. The van der Waals surface area contributed by atoms with Crippen molar-refractivity contribution in [2.75, 3.05) is 19.5 Å². The minimum atomic E-state index is -1.04. The Morgan fingerprint density at radius 3 is 2.63 bits per heavy atom. The second-order valence-electron chi connectivity index (χ2n) is 5.72. The third-order valence-electron chi connectivity index (χ3n) is 3.98.